The Morgan fingerprint density at radius 1 is 0.903 bits per heavy atom. The topological polar surface area (TPSA) is 108 Å². The van der Waals surface area contributed by atoms with Crippen molar-refractivity contribution in [3.8, 4) is 23.1 Å². The van der Waals surface area contributed by atoms with Gasteiger partial charge in [-0.05, 0) is 24.3 Å². The zero-order chi connectivity index (χ0) is 21.8. The fourth-order valence-corrected chi connectivity index (χ4v) is 3.46. The second kappa shape index (κ2) is 8.86. The van der Waals surface area contributed by atoms with Gasteiger partial charge in [0.1, 0.15) is 12.7 Å². The van der Waals surface area contributed by atoms with Gasteiger partial charge in [-0.15, -0.1) is 10.2 Å². The largest absolute Gasteiger partial charge is 0.493 e. The normalized spacial score (nSPS) is 13.8. The van der Waals surface area contributed by atoms with Crippen LogP contribution in [0.3, 0.4) is 0 Å². The molecule has 0 radical (unpaired) electrons. The monoisotopic (exact) mass is 425 g/mol. The first kappa shape index (κ1) is 20.4. The number of aromatic nitrogens is 5. The smallest absolute Gasteiger partial charge is 0.254 e. The van der Waals surface area contributed by atoms with Gasteiger partial charge in [-0.1, -0.05) is 0 Å². The van der Waals surface area contributed by atoms with Gasteiger partial charge in [-0.2, -0.15) is 5.10 Å². The number of carbonyl (C=O) groups excluding carboxylic acids is 1. The van der Waals surface area contributed by atoms with E-state index in [1.807, 2.05) is 12.1 Å². The van der Waals surface area contributed by atoms with Gasteiger partial charge < -0.3 is 24.0 Å². The Labute approximate surface area is 179 Å². The first-order valence-electron chi connectivity index (χ1n) is 9.67. The van der Waals surface area contributed by atoms with Crippen molar-refractivity contribution in [3.05, 3.63) is 42.5 Å². The minimum absolute atomic E-state index is 0.0912. The molecule has 31 heavy (non-hydrogen) atoms. The molecule has 1 aliphatic heterocycles. The lowest BCUT2D eigenvalue weighted by Gasteiger charge is -2.35. The Bertz CT molecular complexity index is 1010. The van der Waals surface area contributed by atoms with Gasteiger partial charge in [0.25, 0.3) is 5.91 Å². The summed E-state index contributed by atoms with van der Waals surface area (Å²) in [6.07, 6.45) is 3.01. The number of nitrogens with zero attached hydrogens (tertiary/aromatic N) is 7. The summed E-state index contributed by atoms with van der Waals surface area (Å²) in [6, 6.07) is 7.07. The molecule has 162 valence electrons. The van der Waals surface area contributed by atoms with E-state index in [0.717, 1.165) is 5.82 Å². The van der Waals surface area contributed by atoms with Crippen LogP contribution >= 0.6 is 0 Å². The molecule has 0 N–H and O–H groups in total. The van der Waals surface area contributed by atoms with Gasteiger partial charge in [0.05, 0.1) is 21.3 Å². The molecule has 0 atom stereocenters. The molecule has 0 bridgehead atoms. The molecule has 3 aromatic rings. The van der Waals surface area contributed by atoms with Crippen molar-refractivity contribution < 1.29 is 19.0 Å². The maximum absolute atomic E-state index is 13.1. The Hall–Kier alpha value is -3.89. The van der Waals surface area contributed by atoms with E-state index in [9.17, 15) is 4.79 Å². The van der Waals surface area contributed by atoms with Crippen LogP contribution in [0.5, 0.6) is 17.2 Å². The van der Waals surface area contributed by atoms with Crippen LogP contribution < -0.4 is 19.1 Å². The Kier molecular flexibility index (Phi) is 5.83. The highest BCUT2D eigenvalue weighted by Crippen LogP contribution is 2.38. The van der Waals surface area contributed by atoms with Crippen LogP contribution in [0, 0.1) is 0 Å². The van der Waals surface area contributed by atoms with E-state index in [1.54, 1.807) is 28.0 Å². The highest BCUT2D eigenvalue weighted by atomic mass is 16.5. The first-order chi connectivity index (χ1) is 15.1. The molecule has 0 spiro atoms. The van der Waals surface area contributed by atoms with Crippen LogP contribution in [0.1, 0.15) is 10.4 Å². The van der Waals surface area contributed by atoms with Crippen LogP contribution in [0.25, 0.3) is 5.82 Å². The highest BCUT2D eigenvalue weighted by molar-refractivity contribution is 5.95. The Morgan fingerprint density at radius 2 is 1.55 bits per heavy atom. The lowest BCUT2D eigenvalue weighted by atomic mass is 10.1. The predicted octanol–water partition coefficient (Wildman–Crippen LogP) is 1.05. The molecule has 1 saturated heterocycles. The van der Waals surface area contributed by atoms with E-state index >= 15 is 0 Å². The van der Waals surface area contributed by atoms with Crippen LogP contribution in [0.2, 0.25) is 0 Å². The van der Waals surface area contributed by atoms with Gasteiger partial charge in [0, 0.05) is 31.7 Å². The lowest BCUT2D eigenvalue weighted by molar-refractivity contribution is 0.0745. The molecule has 3 heterocycles. The first-order valence-corrected chi connectivity index (χ1v) is 9.67. The van der Waals surface area contributed by atoms with E-state index in [-0.39, 0.29) is 5.91 Å². The molecule has 1 aromatic carbocycles. The number of piperazine rings is 1. The van der Waals surface area contributed by atoms with E-state index < -0.39 is 0 Å². The van der Waals surface area contributed by atoms with Crippen molar-refractivity contribution >= 4 is 11.7 Å². The van der Waals surface area contributed by atoms with Gasteiger partial charge >= 0.3 is 0 Å². The van der Waals surface area contributed by atoms with Crippen molar-refractivity contribution in [2.45, 2.75) is 0 Å². The second-order valence-electron chi connectivity index (χ2n) is 6.78. The van der Waals surface area contributed by atoms with Gasteiger partial charge in [-0.3, -0.25) is 4.79 Å². The minimum Gasteiger partial charge on any atom is -0.493 e. The quantitative estimate of drug-likeness (QED) is 0.572. The standard InChI is InChI=1S/C20H23N7O4/c1-29-15-10-14(11-16(30-2)19(15)31-3)20(28)26-8-6-25(7-9-26)17-4-5-18(24-23-17)27-13-21-12-22-27/h4-5,10-13H,6-9H2,1-3H3. The molecule has 11 heteroatoms. The van der Waals surface area contributed by atoms with Crippen molar-refractivity contribution in [2.24, 2.45) is 0 Å². The van der Waals surface area contributed by atoms with Gasteiger partial charge in [0.15, 0.2) is 23.1 Å². The van der Waals surface area contributed by atoms with Crippen molar-refractivity contribution in [2.75, 3.05) is 52.4 Å². The number of rotatable bonds is 6. The Morgan fingerprint density at radius 3 is 2.06 bits per heavy atom. The second-order valence-corrected chi connectivity index (χ2v) is 6.78. The van der Waals surface area contributed by atoms with Crippen molar-refractivity contribution in [1.29, 1.82) is 0 Å². The van der Waals surface area contributed by atoms with Crippen LogP contribution in [-0.2, 0) is 0 Å². The maximum Gasteiger partial charge on any atom is 0.254 e. The number of hydrogen-bond donors (Lipinski definition) is 0. The molecule has 2 aromatic heterocycles. The van der Waals surface area contributed by atoms with E-state index in [2.05, 4.69) is 25.2 Å². The van der Waals surface area contributed by atoms with E-state index in [4.69, 9.17) is 14.2 Å². The molecule has 4 rings (SSSR count). The summed E-state index contributed by atoms with van der Waals surface area (Å²) in [5.74, 6) is 2.62. The fourth-order valence-electron chi connectivity index (χ4n) is 3.46. The Balaban J connectivity index is 1.43. The third-order valence-electron chi connectivity index (χ3n) is 5.09. The number of hydrogen-bond acceptors (Lipinski definition) is 9. The number of methoxy groups -OCH3 is 3. The predicted molar refractivity (Wildman–Crippen MR) is 111 cm³/mol. The molecule has 1 aliphatic rings. The highest BCUT2D eigenvalue weighted by Gasteiger charge is 2.25. The molecule has 0 aliphatic carbocycles. The molecular weight excluding hydrogens is 402 g/mol. The van der Waals surface area contributed by atoms with Crippen molar-refractivity contribution in [3.63, 3.8) is 0 Å². The number of carbonyl (C=O) groups is 1. The van der Waals surface area contributed by atoms with Crippen LogP contribution in [-0.4, -0.2) is 83.3 Å². The average Bonchev–Trinajstić information content (AvgIpc) is 3.38. The zero-order valence-electron chi connectivity index (χ0n) is 17.6. The minimum atomic E-state index is -0.0912. The summed E-state index contributed by atoms with van der Waals surface area (Å²) >= 11 is 0. The SMILES string of the molecule is COc1cc(C(=O)N2CCN(c3ccc(-n4cncn4)nn3)CC2)cc(OC)c1OC. The number of amides is 1. The molecule has 0 saturated carbocycles. The number of anilines is 1. The zero-order valence-corrected chi connectivity index (χ0v) is 17.6. The third-order valence-corrected chi connectivity index (χ3v) is 5.09. The van der Waals surface area contributed by atoms with Gasteiger partial charge in [0.2, 0.25) is 5.75 Å². The number of benzene rings is 1. The maximum atomic E-state index is 13.1. The fraction of sp³-hybridized carbons (Fsp3) is 0.350. The number of ether oxygens (including phenoxy) is 3. The van der Waals surface area contributed by atoms with Crippen LogP contribution in [0.15, 0.2) is 36.9 Å². The summed E-state index contributed by atoms with van der Waals surface area (Å²) in [5, 5.41) is 12.5. The van der Waals surface area contributed by atoms with Crippen LogP contribution in [0.4, 0.5) is 5.82 Å². The van der Waals surface area contributed by atoms with E-state index in [1.165, 1.54) is 27.7 Å². The molecule has 0 unspecified atom stereocenters. The summed E-state index contributed by atoms with van der Waals surface area (Å²) in [4.78, 5) is 20.9. The average molecular weight is 425 g/mol. The molecular formula is C20H23N7O4. The summed E-state index contributed by atoms with van der Waals surface area (Å²) in [6.45, 7) is 2.41. The van der Waals surface area contributed by atoms with Gasteiger partial charge in [-0.25, -0.2) is 9.67 Å². The summed E-state index contributed by atoms with van der Waals surface area (Å²) in [5.41, 5.74) is 0.486. The third kappa shape index (κ3) is 4.06. The lowest BCUT2D eigenvalue weighted by Crippen LogP contribution is -2.49. The molecule has 11 nitrogen and oxygen atoms in total. The van der Waals surface area contributed by atoms with E-state index in [0.29, 0.717) is 54.8 Å². The summed E-state index contributed by atoms with van der Waals surface area (Å²) < 4.78 is 17.6. The summed E-state index contributed by atoms with van der Waals surface area (Å²) in [7, 11) is 4.58. The van der Waals surface area contributed by atoms with Crippen molar-refractivity contribution in [1.82, 2.24) is 29.9 Å². The molecule has 1 fully saturated rings. The molecule has 1 amide bonds.